The molecule has 40 heavy (non-hydrogen) atoms. The summed E-state index contributed by atoms with van der Waals surface area (Å²) in [6.45, 7) is 4.59. The molecule has 3 aromatic carbocycles. The summed E-state index contributed by atoms with van der Waals surface area (Å²) in [6, 6.07) is 13.6. The maximum atomic E-state index is 9.92. The number of ether oxygens (including phenoxy) is 6. The highest BCUT2D eigenvalue weighted by Crippen LogP contribution is 2.43. The Morgan fingerprint density at radius 1 is 0.875 bits per heavy atom. The summed E-state index contributed by atoms with van der Waals surface area (Å²) in [4.78, 5) is 7.00. The van der Waals surface area contributed by atoms with Gasteiger partial charge in [0.15, 0.2) is 23.0 Å². The molecule has 2 heterocycles. The topological polar surface area (TPSA) is 107 Å². The second kappa shape index (κ2) is 12.2. The van der Waals surface area contributed by atoms with E-state index in [0.717, 1.165) is 54.5 Å². The number of fused-ring (bicyclic) bond motifs is 3. The number of benzene rings is 3. The van der Waals surface area contributed by atoms with Gasteiger partial charge in [0.25, 0.3) is 0 Å². The molecule has 1 aliphatic heterocycles. The van der Waals surface area contributed by atoms with Crippen molar-refractivity contribution in [1.82, 2.24) is 9.88 Å². The van der Waals surface area contributed by atoms with E-state index in [4.69, 9.17) is 28.4 Å². The summed E-state index contributed by atoms with van der Waals surface area (Å²) >= 11 is 0. The molecule has 1 N–H and O–H groups in total. The molecule has 0 amide bonds. The summed E-state index contributed by atoms with van der Waals surface area (Å²) in [5, 5.41) is 15.9. The van der Waals surface area contributed by atoms with Gasteiger partial charge in [-0.25, -0.2) is 0 Å². The minimum atomic E-state index is 0.399. The lowest BCUT2D eigenvalue weighted by Gasteiger charge is -2.26. The lowest BCUT2D eigenvalue weighted by Crippen LogP contribution is -2.38. The molecule has 1 aromatic heterocycles. The molecule has 0 bridgehead atoms. The van der Waals surface area contributed by atoms with Crippen molar-refractivity contribution in [2.75, 3.05) is 73.2 Å². The van der Waals surface area contributed by atoms with E-state index in [1.807, 2.05) is 24.3 Å². The molecule has 0 atom stereocenters. The normalized spacial score (nSPS) is 13.6. The third-order valence-corrected chi connectivity index (χ3v) is 6.98. The van der Waals surface area contributed by atoms with Gasteiger partial charge in [-0.15, -0.1) is 0 Å². The van der Waals surface area contributed by atoms with Crippen LogP contribution in [0.1, 0.15) is 5.56 Å². The Morgan fingerprint density at radius 3 is 2.20 bits per heavy atom. The average Bonchev–Trinajstić information content (AvgIpc) is 3.00. The van der Waals surface area contributed by atoms with Crippen LogP contribution in [-0.2, 0) is 4.74 Å². The number of nitrogens with one attached hydrogen (secondary N) is 1. The first-order valence-electron chi connectivity index (χ1n) is 12.9. The number of rotatable bonds is 10. The van der Waals surface area contributed by atoms with Crippen molar-refractivity contribution < 1.29 is 28.4 Å². The van der Waals surface area contributed by atoms with Crippen LogP contribution in [0, 0.1) is 11.3 Å². The largest absolute Gasteiger partial charge is 0.493 e. The lowest BCUT2D eigenvalue weighted by atomic mass is 10.0. The maximum Gasteiger partial charge on any atom is 0.203 e. The van der Waals surface area contributed by atoms with E-state index in [2.05, 4.69) is 21.3 Å². The zero-order chi connectivity index (χ0) is 28.1. The van der Waals surface area contributed by atoms with Gasteiger partial charge < -0.3 is 33.7 Å². The highest BCUT2D eigenvalue weighted by atomic mass is 16.5. The first kappa shape index (κ1) is 27.1. The number of nitrogens with zero attached hydrogens (tertiary/aromatic N) is 3. The van der Waals surface area contributed by atoms with Crippen molar-refractivity contribution in [2.45, 2.75) is 0 Å². The average molecular weight is 545 g/mol. The van der Waals surface area contributed by atoms with Gasteiger partial charge in [0.05, 0.1) is 58.4 Å². The highest BCUT2D eigenvalue weighted by molar-refractivity contribution is 6.12. The van der Waals surface area contributed by atoms with Crippen molar-refractivity contribution in [3.05, 3.63) is 48.2 Å². The molecule has 208 valence electrons. The zero-order valence-corrected chi connectivity index (χ0v) is 23.1. The quantitative estimate of drug-likeness (QED) is 0.281. The van der Waals surface area contributed by atoms with E-state index in [-0.39, 0.29) is 0 Å². The predicted molar refractivity (Wildman–Crippen MR) is 153 cm³/mol. The Hall–Kier alpha value is -4.46. The SMILES string of the molecule is COc1cc(Nc2c(C#N)cnc3c2ccc2c(OCCN4CCOCC4)c(OC)ccc23)cc(OC)c1OC. The van der Waals surface area contributed by atoms with Gasteiger partial charge in [-0.3, -0.25) is 9.88 Å². The van der Waals surface area contributed by atoms with Gasteiger partial charge in [0, 0.05) is 59.8 Å². The summed E-state index contributed by atoms with van der Waals surface area (Å²) < 4.78 is 33.8. The van der Waals surface area contributed by atoms with Crippen LogP contribution in [0.25, 0.3) is 21.7 Å². The van der Waals surface area contributed by atoms with Gasteiger partial charge in [-0.05, 0) is 24.3 Å². The number of aromatic nitrogens is 1. The molecular formula is C30H32N4O6. The zero-order valence-electron chi connectivity index (χ0n) is 23.1. The number of anilines is 2. The van der Waals surface area contributed by atoms with E-state index in [0.29, 0.717) is 52.3 Å². The first-order valence-corrected chi connectivity index (χ1v) is 12.9. The van der Waals surface area contributed by atoms with Crippen molar-refractivity contribution in [3.63, 3.8) is 0 Å². The molecule has 4 aromatic rings. The Kier molecular flexibility index (Phi) is 8.24. The van der Waals surface area contributed by atoms with Crippen molar-refractivity contribution in [1.29, 1.82) is 5.26 Å². The minimum Gasteiger partial charge on any atom is -0.493 e. The fourth-order valence-corrected chi connectivity index (χ4v) is 4.95. The van der Waals surface area contributed by atoms with Gasteiger partial charge in [-0.1, -0.05) is 0 Å². The second-order valence-corrected chi connectivity index (χ2v) is 9.15. The maximum absolute atomic E-state index is 9.92. The van der Waals surface area contributed by atoms with E-state index in [1.165, 1.54) is 0 Å². The van der Waals surface area contributed by atoms with Crippen molar-refractivity contribution in [3.8, 4) is 34.8 Å². The Labute approximate surface area is 232 Å². The molecule has 10 heteroatoms. The van der Waals surface area contributed by atoms with E-state index < -0.39 is 0 Å². The molecule has 0 radical (unpaired) electrons. The van der Waals surface area contributed by atoms with Crippen LogP contribution in [0.15, 0.2) is 42.6 Å². The second-order valence-electron chi connectivity index (χ2n) is 9.15. The molecule has 0 unspecified atom stereocenters. The van der Waals surface area contributed by atoms with Crippen LogP contribution in [0.3, 0.4) is 0 Å². The number of nitriles is 1. The van der Waals surface area contributed by atoms with Crippen LogP contribution in [0.5, 0.6) is 28.7 Å². The van der Waals surface area contributed by atoms with Crippen LogP contribution in [0.2, 0.25) is 0 Å². The molecule has 0 spiro atoms. The Balaban J connectivity index is 1.56. The van der Waals surface area contributed by atoms with E-state index in [9.17, 15) is 5.26 Å². The minimum absolute atomic E-state index is 0.399. The van der Waals surface area contributed by atoms with Crippen molar-refractivity contribution in [2.24, 2.45) is 0 Å². The van der Waals surface area contributed by atoms with Gasteiger partial charge in [0.2, 0.25) is 5.75 Å². The molecule has 1 aliphatic rings. The predicted octanol–water partition coefficient (Wildman–Crippen LogP) is 4.75. The monoisotopic (exact) mass is 544 g/mol. The van der Waals surface area contributed by atoms with Crippen LogP contribution >= 0.6 is 0 Å². The van der Waals surface area contributed by atoms with E-state index >= 15 is 0 Å². The number of methoxy groups -OCH3 is 4. The van der Waals surface area contributed by atoms with E-state index in [1.54, 1.807) is 46.8 Å². The lowest BCUT2D eigenvalue weighted by molar-refractivity contribution is 0.0322. The molecule has 0 aliphatic carbocycles. The number of hydrogen-bond acceptors (Lipinski definition) is 10. The van der Waals surface area contributed by atoms with Crippen molar-refractivity contribution >= 4 is 33.1 Å². The molecular weight excluding hydrogens is 512 g/mol. The first-order chi connectivity index (χ1) is 19.6. The Morgan fingerprint density at radius 2 is 1.55 bits per heavy atom. The van der Waals surface area contributed by atoms with Crippen LogP contribution < -0.4 is 29.0 Å². The molecule has 1 saturated heterocycles. The summed E-state index contributed by atoms with van der Waals surface area (Å²) in [6.07, 6.45) is 1.57. The van der Waals surface area contributed by atoms with Gasteiger partial charge >= 0.3 is 0 Å². The summed E-state index contributed by atoms with van der Waals surface area (Å²) in [5.41, 5.74) is 2.41. The molecule has 5 rings (SSSR count). The third kappa shape index (κ3) is 5.21. The highest BCUT2D eigenvalue weighted by Gasteiger charge is 2.19. The molecule has 1 fully saturated rings. The Bertz CT molecular complexity index is 1540. The van der Waals surface area contributed by atoms with Crippen LogP contribution in [0.4, 0.5) is 11.4 Å². The van der Waals surface area contributed by atoms with Gasteiger partial charge in [-0.2, -0.15) is 5.26 Å². The summed E-state index contributed by atoms with van der Waals surface area (Å²) in [5.74, 6) is 2.80. The third-order valence-electron chi connectivity index (χ3n) is 6.98. The standard InChI is InChI=1S/C30H32N4O6/c1-35-24-8-7-21-22(29(24)40-14-11-34-9-12-39-13-10-34)5-6-23-27(19(17-31)18-32-28(21)23)33-20-15-25(36-2)30(38-4)26(16-20)37-3/h5-8,15-16,18H,9-14H2,1-4H3,(H,32,33). The van der Waals surface area contributed by atoms with Gasteiger partial charge in [0.1, 0.15) is 12.7 Å². The number of morpholine rings is 1. The number of hydrogen-bond donors (Lipinski definition) is 1. The fraction of sp³-hybridized carbons (Fsp3) is 0.333. The number of pyridine rings is 1. The molecule has 0 saturated carbocycles. The van der Waals surface area contributed by atoms with Crippen LogP contribution in [-0.4, -0.2) is 77.8 Å². The molecule has 10 nitrogen and oxygen atoms in total. The fourth-order valence-electron chi connectivity index (χ4n) is 4.95. The summed E-state index contributed by atoms with van der Waals surface area (Å²) in [7, 11) is 6.31. The smallest absolute Gasteiger partial charge is 0.203 e.